The Labute approximate surface area is 138 Å². The first-order chi connectivity index (χ1) is 11.8. The highest BCUT2D eigenvalue weighted by atomic mass is 15.3. The fourth-order valence-corrected chi connectivity index (χ4v) is 3.71. The summed E-state index contributed by atoms with van der Waals surface area (Å²) in [6.45, 7) is 6.99. The molecule has 4 aromatic heterocycles. The Morgan fingerprint density at radius 1 is 1.12 bits per heavy atom. The third kappa shape index (κ3) is 1.78. The highest BCUT2D eigenvalue weighted by Gasteiger charge is 2.21. The van der Waals surface area contributed by atoms with E-state index in [-0.39, 0.29) is 0 Å². The summed E-state index contributed by atoms with van der Waals surface area (Å²) >= 11 is 0. The molecule has 1 fully saturated rings. The van der Waals surface area contributed by atoms with Gasteiger partial charge in [-0.1, -0.05) is 0 Å². The van der Waals surface area contributed by atoms with Crippen LogP contribution >= 0.6 is 0 Å². The second-order valence-electron chi connectivity index (χ2n) is 6.40. The maximum absolute atomic E-state index is 4.90. The van der Waals surface area contributed by atoms with E-state index in [1.807, 2.05) is 34.6 Å². The first kappa shape index (κ1) is 13.7. The lowest BCUT2D eigenvalue weighted by atomic mass is 10.2. The van der Waals surface area contributed by atoms with Crippen LogP contribution in [-0.4, -0.2) is 42.5 Å². The molecule has 7 nitrogen and oxygen atoms in total. The smallest absolute Gasteiger partial charge is 0.159 e. The van der Waals surface area contributed by atoms with Gasteiger partial charge in [-0.15, -0.1) is 0 Å². The molecule has 0 radical (unpaired) electrons. The van der Waals surface area contributed by atoms with Crippen molar-refractivity contribution in [3.63, 3.8) is 0 Å². The van der Waals surface area contributed by atoms with Crippen LogP contribution in [0, 0.1) is 6.92 Å². The summed E-state index contributed by atoms with van der Waals surface area (Å²) in [5.74, 6) is 1.02. The molecule has 0 bridgehead atoms. The predicted molar refractivity (Wildman–Crippen MR) is 93.4 cm³/mol. The zero-order valence-electron chi connectivity index (χ0n) is 13.9. The van der Waals surface area contributed by atoms with Gasteiger partial charge >= 0.3 is 0 Å². The fraction of sp³-hybridized carbons (Fsp3) is 0.412. The van der Waals surface area contributed by atoms with Crippen LogP contribution in [0.3, 0.4) is 0 Å². The van der Waals surface area contributed by atoms with Gasteiger partial charge in [0.05, 0.1) is 28.2 Å². The highest BCUT2D eigenvalue weighted by Crippen LogP contribution is 2.32. The van der Waals surface area contributed by atoms with Gasteiger partial charge in [-0.05, 0) is 26.7 Å². The standard InChI is InChI=1S/C17H19N7/c1-3-23-16-13(10-19-23)15-12(9-18-16)17(22-6-4-5-7-22)20-14-8-11(2)21-24(14)15/h8-10H,3-7H2,1-2H3. The second kappa shape index (κ2) is 4.90. The third-order valence-corrected chi connectivity index (χ3v) is 4.83. The second-order valence-corrected chi connectivity index (χ2v) is 6.40. The van der Waals surface area contributed by atoms with Gasteiger partial charge in [-0.3, -0.25) is 0 Å². The van der Waals surface area contributed by atoms with Crippen LogP contribution in [0.4, 0.5) is 5.82 Å². The first-order valence-electron chi connectivity index (χ1n) is 8.52. The zero-order chi connectivity index (χ0) is 16.3. The van der Waals surface area contributed by atoms with Crippen LogP contribution in [0.5, 0.6) is 0 Å². The van der Waals surface area contributed by atoms with Crippen LogP contribution < -0.4 is 4.90 Å². The molecule has 0 spiro atoms. The highest BCUT2D eigenvalue weighted by molar-refractivity contribution is 6.06. The molecule has 0 N–H and O–H groups in total. The van der Waals surface area contributed by atoms with Gasteiger partial charge in [0.25, 0.3) is 0 Å². The van der Waals surface area contributed by atoms with Gasteiger partial charge in [0.1, 0.15) is 5.82 Å². The minimum Gasteiger partial charge on any atom is -0.356 e. The topological polar surface area (TPSA) is 64.1 Å². The number of fused-ring (bicyclic) bond motifs is 5. The summed E-state index contributed by atoms with van der Waals surface area (Å²) in [5, 5.41) is 11.2. The van der Waals surface area contributed by atoms with E-state index in [4.69, 9.17) is 4.98 Å². The number of pyridine rings is 1. The molecule has 7 heteroatoms. The minimum absolute atomic E-state index is 0.799. The number of aryl methyl sites for hydroxylation is 2. The minimum atomic E-state index is 0.799. The van der Waals surface area contributed by atoms with Crippen LogP contribution in [0.15, 0.2) is 18.5 Å². The predicted octanol–water partition coefficient (Wildman–Crippen LogP) is 2.56. The van der Waals surface area contributed by atoms with Crippen molar-refractivity contribution in [1.82, 2.24) is 29.4 Å². The van der Waals surface area contributed by atoms with E-state index in [9.17, 15) is 0 Å². The molecule has 122 valence electrons. The van der Waals surface area contributed by atoms with Gasteiger partial charge in [0.2, 0.25) is 0 Å². The molecule has 0 aromatic carbocycles. The van der Waals surface area contributed by atoms with Crippen molar-refractivity contribution in [3.8, 4) is 0 Å². The fourth-order valence-electron chi connectivity index (χ4n) is 3.71. The molecule has 4 aromatic rings. The maximum Gasteiger partial charge on any atom is 0.159 e. The quantitative estimate of drug-likeness (QED) is 0.568. The molecule has 5 rings (SSSR count). The Hall–Kier alpha value is -2.70. The Morgan fingerprint density at radius 3 is 2.75 bits per heavy atom. The van der Waals surface area contributed by atoms with E-state index < -0.39 is 0 Å². The number of anilines is 1. The van der Waals surface area contributed by atoms with Crippen LogP contribution in [0.1, 0.15) is 25.5 Å². The number of hydrogen-bond donors (Lipinski definition) is 0. The van der Waals surface area contributed by atoms with Crippen molar-refractivity contribution in [2.75, 3.05) is 18.0 Å². The molecule has 5 heterocycles. The largest absolute Gasteiger partial charge is 0.356 e. The number of aromatic nitrogens is 6. The molecular weight excluding hydrogens is 302 g/mol. The first-order valence-corrected chi connectivity index (χ1v) is 8.52. The normalized spacial score (nSPS) is 15.3. The molecule has 24 heavy (non-hydrogen) atoms. The van der Waals surface area contributed by atoms with E-state index in [0.29, 0.717) is 0 Å². The average Bonchev–Trinajstić information content (AvgIpc) is 3.31. The maximum atomic E-state index is 4.90. The Morgan fingerprint density at radius 2 is 1.96 bits per heavy atom. The Balaban J connectivity index is 1.95. The van der Waals surface area contributed by atoms with Gasteiger partial charge in [0.15, 0.2) is 11.3 Å². The lowest BCUT2D eigenvalue weighted by Gasteiger charge is -2.19. The van der Waals surface area contributed by atoms with Crippen LogP contribution in [-0.2, 0) is 6.54 Å². The van der Waals surface area contributed by atoms with Crippen LogP contribution in [0.25, 0.3) is 27.6 Å². The lowest BCUT2D eigenvalue weighted by molar-refractivity contribution is 0.677. The van der Waals surface area contributed by atoms with E-state index >= 15 is 0 Å². The molecule has 0 aliphatic carbocycles. The molecule has 0 atom stereocenters. The lowest BCUT2D eigenvalue weighted by Crippen LogP contribution is -2.20. The Bertz CT molecular complexity index is 1070. The Kier molecular flexibility index (Phi) is 2.80. The van der Waals surface area contributed by atoms with Crippen molar-refractivity contribution in [2.24, 2.45) is 0 Å². The summed E-state index contributed by atoms with van der Waals surface area (Å²) in [6, 6.07) is 2.04. The molecule has 1 saturated heterocycles. The van der Waals surface area contributed by atoms with E-state index in [2.05, 4.69) is 27.0 Å². The monoisotopic (exact) mass is 321 g/mol. The number of nitrogens with zero attached hydrogens (tertiary/aromatic N) is 7. The van der Waals surface area contributed by atoms with Crippen molar-refractivity contribution in [1.29, 1.82) is 0 Å². The molecule has 0 saturated carbocycles. The van der Waals surface area contributed by atoms with Gasteiger partial charge in [0, 0.05) is 31.9 Å². The molecule has 0 unspecified atom stereocenters. The van der Waals surface area contributed by atoms with Crippen molar-refractivity contribution < 1.29 is 0 Å². The van der Waals surface area contributed by atoms with E-state index in [1.165, 1.54) is 12.8 Å². The van der Waals surface area contributed by atoms with Crippen molar-refractivity contribution in [3.05, 3.63) is 24.2 Å². The van der Waals surface area contributed by atoms with Crippen molar-refractivity contribution >= 4 is 33.4 Å². The molecule has 0 amide bonds. The van der Waals surface area contributed by atoms with Gasteiger partial charge in [-0.25, -0.2) is 19.2 Å². The summed E-state index contributed by atoms with van der Waals surface area (Å²) in [4.78, 5) is 11.9. The summed E-state index contributed by atoms with van der Waals surface area (Å²) in [5.41, 5.74) is 3.81. The zero-order valence-corrected chi connectivity index (χ0v) is 13.9. The SMILES string of the molecule is CCn1ncc2c1ncc1c(N3CCCC3)nc3cc(C)nn3c12. The van der Waals surface area contributed by atoms with E-state index in [0.717, 1.165) is 58.7 Å². The molecule has 1 aliphatic heterocycles. The third-order valence-electron chi connectivity index (χ3n) is 4.83. The molecule has 1 aliphatic rings. The van der Waals surface area contributed by atoms with E-state index in [1.54, 1.807) is 0 Å². The van der Waals surface area contributed by atoms with Crippen molar-refractivity contribution in [2.45, 2.75) is 33.2 Å². The number of hydrogen-bond acceptors (Lipinski definition) is 5. The summed E-state index contributed by atoms with van der Waals surface area (Å²) < 4.78 is 3.86. The summed E-state index contributed by atoms with van der Waals surface area (Å²) in [6.07, 6.45) is 6.27. The average molecular weight is 321 g/mol. The van der Waals surface area contributed by atoms with Gasteiger partial charge in [-0.2, -0.15) is 10.2 Å². The molecular formula is C17H19N7. The summed E-state index contributed by atoms with van der Waals surface area (Å²) in [7, 11) is 0. The van der Waals surface area contributed by atoms with Gasteiger partial charge < -0.3 is 4.90 Å². The number of rotatable bonds is 2. The van der Waals surface area contributed by atoms with Crippen LogP contribution in [0.2, 0.25) is 0 Å².